The monoisotopic (exact) mass is 294 g/mol. The van der Waals surface area contributed by atoms with Crippen molar-refractivity contribution >= 4 is 28.1 Å². The molecule has 0 saturated carbocycles. The van der Waals surface area contributed by atoms with Crippen molar-refractivity contribution in [1.29, 1.82) is 0 Å². The van der Waals surface area contributed by atoms with Crippen LogP contribution < -0.4 is 5.32 Å². The van der Waals surface area contributed by atoms with Crippen LogP contribution in [0.25, 0.3) is 4.96 Å². The Morgan fingerprint density at radius 1 is 1.47 bits per heavy atom. The van der Waals surface area contributed by atoms with Crippen LogP contribution in [0, 0.1) is 0 Å². The van der Waals surface area contributed by atoms with Gasteiger partial charge in [-0.25, -0.2) is 4.98 Å². The maximum atomic E-state index is 4.66. The first kappa shape index (κ1) is 12.6. The van der Waals surface area contributed by atoms with Crippen LogP contribution in [0.2, 0.25) is 0 Å². The van der Waals surface area contributed by atoms with Gasteiger partial charge in [0.25, 0.3) is 0 Å². The standard InChI is InChI=1S/C11H14N6S2/c1-3-12-6-8-9(14-10-17(8)4-5-18-10)19-11-15-13-7-16(11)2/h4-5,7,12H,3,6H2,1-2H3. The Hall–Kier alpha value is -1.38. The number of rotatable bonds is 5. The fraction of sp³-hybridized carbons (Fsp3) is 0.364. The van der Waals surface area contributed by atoms with Crippen LogP contribution in [-0.4, -0.2) is 30.7 Å². The predicted molar refractivity (Wildman–Crippen MR) is 75.6 cm³/mol. The van der Waals surface area contributed by atoms with Gasteiger partial charge in [-0.3, -0.25) is 4.40 Å². The Labute approximate surface area is 118 Å². The first-order valence-electron chi connectivity index (χ1n) is 5.96. The number of nitrogens with one attached hydrogen (secondary N) is 1. The molecule has 3 aromatic heterocycles. The minimum Gasteiger partial charge on any atom is -0.311 e. The molecule has 0 spiro atoms. The molecule has 0 aromatic carbocycles. The van der Waals surface area contributed by atoms with E-state index in [4.69, 9.17) is 0 Å². The Bertz CT molecular complexity index is 682. The van der Waals surface area contributed by atoms with Crippen LogP contribution in [0.15, 0.2) is 28.1 Å². The first-order valence-corrected chi connectivity index (χ1v) is 7.66. The zero-order valence-electron chi connectivity index (χ0n) is 10.7. The maximum absolute atomic E-state index is 4.66. The van der Waals surface area contributed by atoms with Crippen LogP contribution in [0.3, 0.4) is 0 Å². The average Bonchev–Trinajstić information content (AvgIpc) is 3.06. The summed E-state index contributed by atoms with van der Waals surface area (Å²) in [5, 5.41) is 15.2. The summed E-state index contributed by atoms with van der Waals surface area (Å²) in [4.78, 5) is 5.68. The van der Waals surface area contributed by atoms with E-state index in [1.54, 1.807) is 29.4 Å². The fourth-order valence-corrected chi connectivity index (χ4v) is 3.41. The van der Waals surface area contributed by atoms with Crippen molar-refractivity contribution in [1.82, 2.24) is 29.5 Å². The van der Waals surface area contributed by atoms with Gasteiger partial charge in [-0.15, -0.1) is 21.5 Å². The molecule has 0 radical (unpaired) electrons. The third-order valence-electron chi connectivity index (χ3n) is 2.72. The van der Waals surface area contributed by atoms with E-state index in [2.05, 4.69) is 43.4 Å². The van der Waals surface area contributed by atoms with Crippen molar-refractivity contribution in [3.63, 3.8) is 0 Å². The SMILES string of the molecule is CCNCc1c(Sc2nncn2C)nc2sccn12. The number of thiazole rings is 1. The summed E-state index contributed by atoms with van der Waals surface area (Å²) in [6, 6.07) is 0. The van der Waals surface area contributed by atoms with Crippen LogP contribution >= 0.6 is 23.1 Å². The van der Waals surface area contributed by atoms with E-state index in [9.17, 15) is 0 Å². The Morgan fingerprint density at radius 2 is 2.37 bits per heavy atom. The van der Waals surface area contributed by atoms with Crippen LogP contribution in [0.1, 0.15) is 12.6 Å². The van der Waals surface area contributed by atoms with Gasteiger partial charge in [-0.2, -0.15) is 0 Å². The Kier molecular flexibility index (Phi) is 3.54. The predicted octanol–water partition coefficient (Wildman–Crippen LogP) is 1.78. The zero-order valence-corrected chi connectivity index (χ0v) is 12.3. The van der Waals surface area contributed by atoms with E-state index in [1.807, 2.05) is 11.6 Å². The highest BCUT2D eigenvalue weighted by atomic mass is 32.2. The minimum atomic E-state index is 0.800. The van der Waals surface area contributed by atoms with Gasteiger partial charge in [0.1, 0.15) is 11.4 Å². The van der Waals surface area contributed by atoms with E-state index < -0.39 is 0 Å². The van der Waals surface area contributed by atoms with Gasteiger partial charge in [-0.05, 0) is 18.3 Å². The van der Waals surface area contributed by atoms with E-state index in [0.29, 0.717) is 0 Å². The van der Waals surface area contributed by atoms with Crippen LogP contribution in [0.4, 0.5) is 0 Å². The molecule has 0 bridgehead atoms. The first-order chi connectivity index (χ1) is 9.29. The van der Waals surface area contributed by atoms with Gasteiger partial charge in [-0.1, -0.05) is 6.92 Å². The molecule has 3 aromatic rings. The van der Waals surface area contributed by atoms with Crippen molar-refractivity contribution < 1.29 is 0 Å². The number of aryl methyl sites for hydroxylation is 1. The molecular formula is C11H14N6S2. The molecule has 0 atom stereocenters. The summed E-state index contributed by atoms with van der Waals surface area (Å²) in [5.41, 5.74) is 1.17. The van der Waals surface area contributed by atoms with Crippen molar-refractivity contribution in [3.05, 3.63) is 23.6 Å². The van der Waals surface area contributed by atoms with Gasteiger partial charge in [0, 0.05) is 25.2 Å². The maximum Gasteiger partial charge on any atom is 0.197 e. The molecule has 19 heavy (non-hydrogen) atoms. The van der Waals surface area contributed by atoms with Gasteiger partial charge in [0.2, 0.25) is 0 Å². The number of aromatic nitrogens is 5. The second-order valence-electron chi connectivity index (χ2n) is 4.03. The third-order valence-corrected chi connectivity index (χ3v) is 4.55. The highest BCUT2D eigenvalue weighted by Crippen LogP contribution is 2.30. The molecule has 0 unspecified atom stereocenters. The molecule has 0 aliphatic heterocycles. The van der Waals surface area contributed by atoms with Crippen molar-refractivity contribution in [2.75, 3.05) is 6.54 Å². The van der Waals surface area contributed by atoms with Gasteiger partial charge >= 0.3 is 0 Å². The molecule has 0 fully saturated rings. The topological polar surface area (TPSA) is 60.0 Å². The number of fused-ring (bicyclic) bond motifs is 1. The lowest BCUT2D eigenvalue weighted by molar-refractivity contribution is 0.693. The number of nitrogens with zero attached hydrogens (tertiary/aromatic N) is 5. The molecule has 3 rings (SSSR count). The summed E-state index contributed by atoms with van der Waals surface area (Å²) in [6.07, 6.45) is 3.76. The minimum absolute atomic E-state index is 0.800. The molecule has 6 nitrogen and oxygen atoms in total. The highest BCUT2D eigenvalue weighted by molar-refractivity contribution is 7.99. The number of imidazole rings is 1. The smallest absolute Gasteiger partial charge is 0.197 e. The lowest BCUT2D eigenvalue weighted by Gasteiger charge is -2.04. The molecule has 8 heteroatoms. The summed E-state index contributed by atoms with van der Waals surface area (Å²) >= 11 is 3.19. The van der Waals surface area contributed by atoms with Crippen molar-refractivity contribution in [2.45, 2.75) is 23.7 Å². The van der Waals surface area contributed by atoms with E-state index in [0.717, 1.165) is 28.2 Å². The Morgan fingerprint density at radius 3 is 3.11 bits per heavy atom. The summed E-state index contributed by atoms with van der Waals surface area (Å²) in [5.74, 6) is 0. The van der Waals surface area contributed by atoms with Crippen molar-refractivity contribution in [3.8, 4) is 0 Å². The third kappa shape index (κ3) is 2.38. The molecule has 1 N–H and O–H groups in total. The fourth-order valence-electron chi connectivity index (χ4n) is 1.75. The molecule has 0 saturated heterocycles. The quantitative estimate of drug-likeness (QED) is 0.777. The highest BCUT2D eigenvalue weighted by Gasteiger charge is 2.15. The molecule has 3 heterocycles. The largest absolute Gasteiger partial charge is 0.311 e. The second kappa shape index (κ2) is 5.32. The Balaban J connectivity index is 1.97. The van der Waals surface area contributed by atoms with Crippen molar-refractivity contribution in [2.24, 2.45) is 7.05 Å². The molecule has 0 amide bonds. The van der Waals surface area contributed by atoms with Gasteiger partial charge in [0.05, 0.1) is 5.69 Å². The summed E-state index contributed by atoms with van der Waals surface area (Å²) < 4.78 is 4.03. The molecule has 0 aliphatic carbocycles. The second-order valence-corrected chi connectivity index (χ2v) is 5.86. The van der Waals surface area contributed by atoms with Crippen LogP contribution in [-0.2, 0) is 13.6 Å². The van der Waals surface area contributed by atoms with Gasteiger partial charge < -0.3 is 9.88 Å². The van der Waals surface area contributed by atoms with E-state index in [-0.39, 0.29) is 0 Å². The summed E-state index contributed by atoms with van der Waals surface area (Å²) in [6.45, 7) is 3.83. The van der Waals surface area contributed by atoms with Crippen LogP contribution in [0.5, 0.6) is 0 Å². The normalized spacial score (nSPS) is 11.5. The number of hydrogen-bond donors (Lipinski definition) is 1. The molecule has 0 aliphatic rings. The zero-order chi connectivity index (χ0) is 13.2. The van der Waals surface area contributed by atoms with E-state index >= 15 is 0 Å². The summed E-state index contributed by atoms with van der Waals surface area (Å²) in [7, 11) is 1.94. The average molecular weight is 294 g/mol. The lowest BCUT2D eigenvalue weighted by Crippen LogP contribution is -2.13. The van der Waals surface area contributed by atoms with E-state index in [1.165, 1.54) is 5.69 Å². The molecular weight excluding hydrogens is 280 g/mol. The number of hydrogen-bond acceptors (Lipinski definition) is 6. The van der Waals surface area contributed by atoms with Gasteiger partial charge in [0.15, 0.2) is 10.1 Å². The lowest BCUT2D eigenvalue weighted by atomic mass is 10.4. The molecule has 100 valence electrons.